The van der Waals surface area contributed by atoms with E-state index < -0.39 is 0 Å². The molecule has 1 aliphatic heterocycles. The van der Waals surface area contributed by atoms with Gasteiger partial charge in [-0.25, -0.2) is 4.98 Å². The number of ether oxygens (including phenoxy) is 1. The van der Waals surface area contributed by atoms with Crippen molar-refractivity contribution in [2.45, 2.75) is 6.92 Å². The van der Waals surface area contributed by atoms with Gasteiger partial charge in [-0.1, -0.05) is 0 Å². The van der Waals surface area contributed by atoms with Crippen molar-refractivity contribution in [1.29, 1.82) is 0 Å². The lowest BCUT2D eigenvalue weighted by Crippen LogP contribution is -2.53. The molecule has 0 radical (unpaired) electrons. The van der Waals surface area contributed by atoms with E-state index in [0.717, 1.165) is 55.5 Å². The molecule has 1 aromatic heterocycles. The smallest absolute Gasteiger partial charge is 0.232 e. The predicted octanol–water partition coefficient (Wildman–Crippen LogP) is 2.32. The fraction of sp³-hybridized carbons (Fsp3) is 0.667. The first-order valence-electron chi connectivity index (χ1n) is 8.03. The first-order valence-corrected chi connectivity index (χ1v) is 10.2. The molecule has 0 unspecified atom stereocenters. The van der Waals surface area contributed by atoms with Crippen molar-refractivity contribution in [2.24, 2.45) is 4.99 Å². The molecule has 1 saturated heterocycles. The van der Waals surface area contributed by atoms with Gasteiger partial charge in [0, 0.05) is 38.5 Å². The van der Waals surface area contributed by atoms with Crippen LogP contribution in [-0.2, 0) is 0 Å². The predicted molar refractivity (Wildman–Crippen MR) is 120 cm³/mol. The summed E-state index contributed by atoms with van der Waals surface area (Å²) in [7, 11) is 1.61. The van der Waals surface area contributed by atoms with E-state index in [1.165, 1.54) is 0 Å². The van der Waals surface area contributed by atoms with Crippen LogP contribution in [0.4, 0.5) is 5.95 Å². The SMILES string of the molecule is CCNC(=NCCSC)N1CCN(c2ncc(Br)c(OC)n2)CC1.I. The Kier molecular flexibility index (Phi) is 10.8. The standard InChI is InChI=1S/C15H25BrN6OS.HI/c1-4-17-14(18-5-10-24-3)21-6-8-22(9-7-21)15-19-11-12(16)13(20-15)23-2;/h11H,4-10H2,1-3H3,(H,17,18);1H. The average molecular weight is 545 g/mol. The number of hydrogen-bond acceptors (Lipinski definition) is 6. The number of nitrogens with zero attached hydrogens (tertiary/aromatic N) is 5. The van der Waals surface area contributed by atoms with Crippen LogP contribution in [0.5, 0.6) is 5.88 Å². The molecule has 0 bridgehead atoms. The highest BCUT2D eigenvalue weighted by atomic mass is 127. The molecular weight excluding hydrogens is 519 g/mol. The topological polar surface area (TPSA) is 65.9 Å². The van der Waals surface area contributed by atoms with Crippen LogP contribution in [0.1, 0.15) is 6.92 Å². The zero-order valence-corrected chi connectivity index (χ0v) is 19.6. The third-order valence-corrected chi connectivity index (χ3v) is 4.78. The van der Waals surface area contributed by atoms with Crippen molar-refractivity contribution in [2.75, 3.05) is 63.3 Å². The number of hydrogen-bond donors (Lipinski definition) is 1. The first kappa shape index (κ1) is 22.6. The van der Waals surface area contributed by atoms with Gasteiger partial charge in [-0.2, -0.15) is 16.7 Å². The van der Waals surface area contributed by atoms with Gasteiger partial charge in [0.15, 0.2) is 5.96 Å². The van der Waals surface area contributed by atoms with Gasteiger partial charge in [0.1, 0.15) is 0 Å². The fourth-order valence-electron chi connectivity index (χ4n) is 2.43. The molecule has 1 aromatic rings. The van der Waals surface area contributed by atoms with Gasteiger partial charge in [0.25, 0.3) is 0 Å². The van der Waals surface area contributed by atoms with Crippen LogP contribution >= 0.6 is 51.7 Å². The van der Waals surface area contributed by atoms with Crippen molar-refractivity contribution in [3.05, 3.63) is 10.7 Å². The second-order valence-corrected chi connectivity index (χ2v) is 7.07. The molecule has 1 fully saturated rings. The molecule has 7 nitrogen and oxygen atoms in total. The Morgan fingerprint density at radius 2 is 2.12 bits per heavy atom. The number of methoxy groups -OCH3 is 1. The highest BCUT2D eigenvalue weighted by molar-refractivity contribution is 14.0. The lowest BCUT2D eigenvalue weighted by molar-refractivity contribution is 0.366. The van der Waals surface area contributed by atoms with Crippen LogP contribution in [-0.4, -0.2) is 79.2 Å². The minimum atomic E-state index is 0. The van der Waals surface area contributed by atoms with Crippen LogP contribution in [0, 0.1) is 0 Å². The molecule has 1 N–H and O–H groups in total. The third-order valence-electron chi connectivity index (χ3n) is 3.65. The van der Waals surface area contributed by atoms with Crippen molar-refractivity contribution in [3.8, 4) is 5.88 Å². The Labute approximate surface area is 179 Å². The van der Waals surface area contributed by atoms with Crippen LogP contribution in [0.3, 0.4) is 0 Å². The molecule has 1 aliphatic rings. The van der Waals surface area contributed by atoms with Crippen molar-refractivity contribution in [1.82, 2.24) is 20.2 Å². The Morgan fingerprint density at radius 3 is 2.72 bits per heavy atom. The maximum Gasteiger partial charge on any atom is 0.232 e. The van der Waals surface area contributed by atoms with E-state index in [4.69, 9.17) is 9.73 Å². The zero-order valence-electron chi connectivity index (χ0n) is 14.9. The lowest BCUT2D eigenvalue weighted by atomic mass is 10.3. The highest BCUT2D eigenvalue weighted by Crippen LogP contribution is 2.23. The van der Waals surface area contributed by atoms with Crippen LogP contribution in [0.25, 0.3) is 0 Å². The van der Waals surface area contributed by atoms with E-state index in [9.17, 15) is 0 Å². The summed E-state index contributed by atoms with van der Waals surface area (Å²) in [5.41, 5.74) is 0. The molecular formula is C15H26BrIN6OS. The number of thioether (sulfide) groups is 1. The van der Waals surface area contributed by atoms with E-state index >= 15 is 0 Å². The summed E-state index contributed by atoms with van der Waals surface area (Å²) in [4.78, 5) is 18.0. The summed E-state index contributed by atoms with van der Waals surface area (Å²) in [6, 6.07) is 0. The number of nitrogens with one attached hydrogen (secondary N) is 1. The molecule has 2 rings (SSSR count). The van der Waals surface area contributed by atoms with E-state index in [2.05, 4.69) is 54.2 Å². The Bertz CT molecular complexity index is 557. The number of guanidine groups is 1. The molecule has 2 heterocycles. The van der Waals surface area contributed by atoms with E-state index in [1.807, 2.05) is 11.8 Å². The molecule has 10 heteroatoms. The first-order chi connectivity index (χ1) is 11.7. The number of aliphatic imine (C=N–C) groups is 1. The van der Waals surface area contributed by atoms with Gasteiger partial charge < -0.3 is 19.9 Å². The zero-order chi connectivity index (χ0) is 17.4. The average Bonchev–Trinajstić information content (AvgIpc) is 2.62. The van der Waals surface area contributed by atoms with Crippen molar-refractivity contribution < 1.29 is 4.74 Å². The monoisotopic (exact) mass is 544 g/mol. The minimum absolute atomic E-state index is 0. The van der Waals surface area contributed by atoms with Crippen molar-refractivity contribution >= 4 is 63.6 Å². The third kappa shape index (κ3) is 6.63. The quantitative estimate of drug-likeness (QED) is 0.255. The van der Waals surface area contributed by atoms with Gasteiger partial charge in [-0.05, 0) is 29.1 Å². The second-order valence-electron chi connectivity index (χ2n) is 5.23. The van der Waals surface area contributed by atoms with Gasteiger partial charge in [-0.15, -0.1) is 24.0 Å². The number of aromatic nitrogens is 2. The number of piperazine rings is 1. The number of anilines is 1. The Balaban J connectivity index is 0.00000312. The Morgan fingerprint density at radius 1 is 1.40 bits per heavy atom. The maximum atomic E-state index is 5.26. The summed E-state index contributed by atoms with van der Waals surface area (Å²) in [5, 5.41) is 3.38. The van der Waals surface area contributed by atoms with Crippen LogP contribution in [0.15, 0.2) is 15.7 Å². The van der Waals surface area contributed by atoms with E-state index in [1.54, 1.807) is 13.3 Å². The van der Waals surface area contributed by atoms with Gasteiger partial charge >= 0.3 is 0 Å². The van der Waals surface area contributed by atoms with E-state index in [-0.39, 0.29) is 24.0 Å². The summed E-state index contributed by atoms with van der Waals surface area (Å²) in [6.45, 7) is 7.33. The molecule has 0 spiro atoms. The number of halogens is 2. The summed E-state index contributed by atoms with van der Waals surface area (Å²) in [5.74, 6) is 3.32. The maximum absolute atomic E-state index is 5.26. The normalized spacial score (nSPS) is 15.0. The van der Waals surface area contributed by atoms with Crippen molar-refractivity contribution in [3.63, 3.8) is 0 Å². The van der Waals surface area contributed by atoms with Gasteiger partial charge in [0.05, 0.1) is 24.3 Å². The fourth-order valence-corrected chi connectivity index (χ4v) is 3.05. The van der Waals surface area contributed by atoms with Gasteiger partial charge in [0.2, 0.25) is 11.8 Å². The molecule has 0 aliphatic carbocycles. The summed E-state index contributed by atoms with van der Waals surface area (Å²) in [6.07, 6.45) is 3.84. The van der Waals surface area contributed by atoms with Gasteiger partial charge in [-0.3, -0.25) is 4.99 Å². The lowest BCUT2D eigenvalue weighted by Gasteiger charge is -2.36. The molecule has 142 valence electrons. The minimum Gasteiger partial charge on any atom is -0.480 e. The second kappa shape index (κ2) is 12.0. The Hall–Kier alpha value is -0.490. The summed E-state index contributed by atoms with van der Waals surface area (Å²) < 4.78 is 6.02. The van der Waals surface area contributed by atoms with Crippen LogP contribution < -0.4 is 15.0 Å². The molecule has 0 aromatic carbocycles. The van der Waals surface area contributed by atoms with Crippen LogP contribution in [0.2, 0.25) is 0 Å². The van der Waals surface area contributed by atoms with E-state index in [0.29, 0.717) is 11.8 Å². The largest absolute Gasteiger partial charge is 0.480 e. The summed E-state index contributed by atoms with van der Waals surface area (Å²) >= 11 is 5.20. The number of rotatable bonds is 6. The molecule has 0 amide bonds. The molecule has 0 atom stereocenters. The highest BCUT2D eigenvalue weighted by Gasteiger charge is 2.22. The molecule has 25 heavy (non-hydrogen) atoms. The molecule has 0 saturated carbocycles.